The van der Waals surface area contributed by atoms with Crippen molar-refractivity contribution in [2.45, 2.75) is 39.8 Å². The van der Waals surface area contributed by atoms with Gasteiger partial charge in [0.05, 0.1) is 19.3 Å². The van der Waals surface area contributed by atoms with Gasteiger partial charge in [-0.15, -0.1) is 0 Å². The average Bonchev–Trinajstić information content (AvgIpc) is 2.93. The van der Waals surface area contributed by atoms with Gasteiger partial charge in [0.2, 0.25) is 0 Å². The van der Waals surface area contributed by atoms with E-state index in [-0.39, 0.29) is 17.9 Å². The molecule has 1 amide bonds. The third-order valence-corrected chi connectivity index (χ3v) is 2.54. The molecule has 0 aromatic carbocycles. The lowest BCUT2D eigenvalue weighted by atomic mass is 10.1. The van der Waals surface area contributed by atoms with Crippen molar-refractivity contribution in [2.24, 2.45) is 5.92 Å². The van der Waals surface area contributed by atoms with E-state index in [4.69, 9.17) is 9.47 Å². The van der Waals surface area contributed by atoms with Crippen molar-refractivity contribution in [1.29, 1.82) is 0 Å². The smallest absolute Gasteiger partial charge is 0.410 e. The summed E-state index contributed by atoms with van der Waals surface area (Å²) in [6.07, 6.45) is -0.431. The Bertz CT molecular complexity index is 253. The van der Waals surface area contributed by atoms with Gasteiger partial charge in [-0.1, -0.05) is 13.8 Å². The topological polar surface area (TPSA) is 55.6 Å². The van der Waals surface area contributed by atoms with E-state index in [1.807, 2.05) is 13.8 Å². The first-order chi connectivity index (χ1) is 7.54. The minimum absolute atomic E-state index is 0.0851. The number of carbonyl (C=O) groups excluding carboxylic acids is 2. The van der Waals surface area contributed by atoms with Crippen LogP contribution in [0.1, 0.15) is 27.7 Å². The van der Waals surface area contributed by atoms with Crippen LogP contribution in [0.15, 0.2) is 0 Å². The normalized spacial score (nSPS) is 23.2. The van der Waals surface area contributed by atoms with Crippen molar-refractivity contribution < 1.29 is 19.1 Å². The molecule has 16 heavy (non-hydrogen) atoms. The van der Waals surface area contributed by atoms with Crippen LogP contribution in [0.4, 0.5) is 4.79 Å². The van der Waals surface area contributed by atoms with Crippen LogP contribution in [0.3, 0.4) is 0 Å². The van der Waals surface area contributed by atoms with Crippen molar-refractivity contribution in [3.8, 4) is 0 Å². The molecule has 0 aromatic rings. The van der Waals surface area contributed by atoms with Crippen LogP contribution >= 0.6 is 0 Å². The van der Waals surface area contributed by atoms with Crippen LogP contribution in [0.5, 0.6) is 0 Å². The molecule has 5 heteroatoms. The Labute approximate surface area is 95.7 Å². The lowest BCUT2D eigenvalue weighted by molar-refractivity contribution is -0.143. The SMILES string of the molecule is CCOC(=O)C1C(C(C)C)N1C(=O)OCC. The fourth-order valence-electron chi connectivity index (χ4n) is 1.85. The fraction of sp³-hybridized carbons (Fsp3) is 0.818. The van der Waals surface area contributed by atoms with Gasteiger partial charge in [-0.25, -0.2) is 9.59 Å². The first-order valence-electron chi connectivity index (χ1n) is 5.66. The number of carbonyl (C=O) groups is 2. The van der Waals surface area contributed by atoms with E-state index in [0.29, 0.717) is 13.2 Å². The number of rotatable bonds is 4. The van der Waals surface area contributed by atoms with Gasteiger partial charge in [0.15, 0.2) is 6.04 Å². The van der Waals surface area contributed by atoms with Crippen LogP contribution < -0.4 is 0 Å². The van der Waals surface area contributed by atoms with Gasteiger partial charge in [0.25, 0.3) is 0 Å². The molecule has 2 unspecified atom stereocenters. The molecule has 5 nitrogen and oxygen atoms in total. The van der Waals surface area contributed by atoms with E-state index < -0.39 is 12.1 Å². The predicted molar refractivity (Wildman–Crippen MR) is 57.9 cm³/mol. The Balaban J connectivity index is 2.63. The molecule has 2 atom stereocenters. The Kier molecular flexibility index (Phi) is 4.15. The summed E-state index contributed by atoms with van der Waals surface area (Å²) in [4.78, 5) is 24.6. The molecule has 0 N–H and O–H groups in total. The lowest BCUT2D eigenvalue weighted by Gasteiger charge is -2.05. The third-order valence-electron chi connectivity index (χ3n) is 2.54. The minimum atomic E-state index is -0.459. The lowest BCUT2D eigenvalue weighted by Crippen LogP contribution is -2.21. The molecule has 1 aliphatic heterocycles. The van der Waals surface area contributed by atoms with Gasteiger partial charge in [0, 0.05) is 0 Å². The number of nitrogens with zero attached hydrogens (tertiary/aromatic N) is 1. The van der Waals surface area contributed by atoms with Gasteiger partial charge in [-0.05, 0) is 19.8 Å². The van der Waals surface area contributed by atoms with Gasteiger partial charge < -0.3 is 9.47 Å². The van der Waals surface area contributed by atoms with Crippen LogP contribution in [-0.4, -0.2) is 42.3 Å². The van der Waals surface area contributed by atoms with Gasteiger partial charge >= 0.3 is 12.1 Å². The molecule has 92 valence electrons. The maximum atomic E-state index is 11.6. The monoisotopic (exact) mass is 229 g/mol. The second kappa shape index (κ2) is 5.18. The Morgan fingerprint density at radius 2 is 1.75 bits per heavy atom. The summed E-state index contributed by atoms with van der Waals surface area (Å²) in [5.74, 6) is -0.118. The van der Waals surface area contributed by atoms with E-state index in [1.165, 1.54) is 4.90 Å². The van der Waals surface area contributed by atoms with E-state index >= 15 is 0 Å². The zero-order valence-corrected chi connectivity index (χ0v) is 10.2. The summed E-state index contributed by atoms with van der Waals surface area (Å²) in [6.45, 7) is 8.07. The molecule has 0 saturated carbocycles. The fourth-order valence-corrected chi connectivity index (χ4v) is 1.85. The van der Waals surface area contributed by atoms with Gasteiger partial charge in [-0.2, -0.15) is 0 Å². The van der Waals surface area contributed by atoms with E-state index in [0.717, 1.165) is 0 Å². The summed E-state index contributed by atoms with van der Waals surface area (Å²) >= 11 is 0. The average molecular weight is 229 g/mol. The molecule has 1 heterocycles. The molecule has 1 saturated heterocycles. The maximum Gasteiger partial charge on any atom is 0.410 e. The zero-order valence-electron chi connectivity index (χ0n) is 10.2. The largest absolute Gasteiger partial charge is 0.464 e. The molecule has 1 fully saturated rings. The second-order valence-corrected chi connectivity index (χ2v) is 4.04. The highest BCUT2D eigenvalue weighted by atomic mass is 16.6. The van der Waals surface area contributed by atoms with E-state index in [9.17, 15) is 9.59 Å². The predicted octanol–water partition coefficient (Wildman–Crippen LogP) is 1.41. The van der Waals surface area contributed by atoms with Crippen molar-refractivity contribution in [3.05, 3.63) is 0 Å². The van der Waals surface area contributed by atoms with E-state index in [1.54, 1.807) is 13.8 Å². The highest BCUT2D eigenvalue weighted by Gasteiger charge is 2.58. The standard InChI is InChI=1S/C11H19NO4/c1-5-15-10(13)9-8(7(3)4)12(9)11(14)16-6-2/h7-9H,5-6H2,1-4H3. The van der Waals surface area contributed by atoms with Crippen molar-refractivity contribution >= 4 is 12.1 Å². The highest BCUT2D eigenvalue weighted by molar-refractivity contribution is 5.88. The number of hydrogen-bond donors (Lipinski definition) is 0. The summed E-state index contributed by atoms with van der Waals surface area (Å²) < 4.78 is 9.80. The molecule has 0 spiro atoms. The second-order valence-electron chi connectivity index (χ2n) is 4.04. The molecule has 1 rings (SSSR count). The molecule has 0 radical (unpaired) electrons. The van der Waals surface area contributed by atoms with Crippen LogP contribution in [0.25, 0.3) is 0 Å². The summed E-state index contributed by atoms with van der Waals surface area (Å²) in [6, 6.07) is -0.544. The Hall–Kier alpha value is -1.26. The molecule has 0 bridgehead atoms. The van der Waals surface area contributed by atoms with Crippen molar-refractivity contribution in [1.82, 2.24) is 4.90 Å². The molecule has 0 aromatic heterocycles. The first-order valence-corrected chi connectivity index (χ1v) is 5.66. The number of hydrogen-bond acceptors (Lipinski definition) is 4. The molecule has 1 aliphatic rings. The van der Waals surface area contributed by atoms with Crippen LogP contribution in [0.2, 0.25) is 0 Å². The number of ether oxygens (including phenoxy) is 2. The molecule has 0 aliphatic carbocycles. The van der Waals surface area contributed by atoms with Crippen LogP contribution in [-0.2, 0) is 14.3 Å². The third kappa shape index (κ3) is 2.46. The molecular formula is C11H19NO4. The zero-order chi connectivity index (χ0) is 12.3. The number of esters is 1. The summed E-state index contributed by atoms with van der Waals surface area (Å²) in [5, 5.41) is 0. The van der Waals surface area contributed by atoms with Crippen molar-refractivity contribution in [2.75, 3.05) is 13.2 Å². The van der Waals surface area contributed by atoms with Crippen molar-refractivity contribution in [3.63, 3.8) is 0 Å². The quantitative estimate of drug-likeness (QED) is 0.540. The Morgan fingerprint density at radius 1 is 1.19 bits per heavy atom. The first kappa shape index (κ1) is 12.8. The minimum Gasteiger partial charge on any atom is -0.464 e. The summed E-state index contributed by atoms with van der Waals surface area (Å²) in [7, 11) is 0. The van der Waals surface area contributed by atoms with Gasteiger partial charge in [0.1, 0.15) is 0 Å². The maximum absolute atomic E-state index is 11.6. The highest BCUT2D eigenvalue weighted by Crippen LogP contribution is 2.35. The Morgan fingerprint density at radius 3 is 2.19 bits per heavy atom. The number of amides is 1. The summed E-state index contributed by atoms with van der Waals surface area (Å²) in [5.41, 5.74) is 0. The van der Waals surface area contributed by atoms with E-state index in [2.05, 4.69) is 0 Å². The van der Waals surface area contributed by atoms with Crippen LogP contribution in [0, 0.1) is 5.92 Å². The molecular weight excluding hydrogens is 210 g/mol. The van der Waals surface area contributed by atoms with Gasteiger partial charge in [-0.3, -0.25) is 4.90 Å².